The van der Waals surface area contributed by atoms with Gasteiger partial charge in [-0.3, -0.25) is 4.90 Å². The number of para-hydroxylation sites is 2. The Morgan fingerprint density at radius 1 is 1.32 bits per heavy atom. The fourth-order valence-corrected chi connectivity index (χ4v) is 2.98. The minimum absolute atomic E-state index is 0.0566. The number of hydrogen-bond acceptors (Lipinski definition) is 4. The quantitative estimate of drug-likeness (QED) is 0.897. The molecule has 0 aliphatic carbocycles. The molecule has 1 atom stereocenters. The Morgan fingerprint density at radius 2 is 2.05 bits per heavy atom. The van der Waals surface area contributed by atoms with E-state index in [1.165, 1.54) is 0 Å². The highest BCUT2D eigenvalue weighted by Crippen LogP contribution is 2.32. The number of nitrogens with zero attached hydrogens (tertiary/aromatic N) is 1. The molecule has 0 aromatic heterocycles. The van der Waals surface area contributed by atoms with Crippen LogP contribution in [-0.2, 0) is 0 Å². The van der Waals surface area contributed by atoms with Crippen molar-refractivity contribution in [2.24, 2.45) is 0 Å². The van der Waals surface area contributed by atoms with Crippen LogP contribution in [0.2, 0.25) is 0 Å². The fourth-order valence-electron chi connectivity index (χ4n) is 2.98. The van der Waals surface area contributed by atoms with Crippen molar-refractivity contribution in [3.63, 3.8) is 0 Å². The number of fused-ring (bicyclic) bond motifs is 1. The largest absolute Gasteiger partial charge is 0.486 e. The molecule has 0 amide bonds. The molecule has 2 heterocycles. The molecular formula is C15H21NO3. The molecular weight excluding hydrogens is 242 g/mol. The minimum Gasteiger partial charge on any atom is -0.486 e. The Morgan fingerprint density at radius 3 is 2.79 bits per heavy atom. The summed E-state index contributed by atoms with van der Waals surface area (Å²) in [5.74, 6) is 1.65. The second-order valence-corrected chi connectivity index (χ2v) is 5.64. The maximum atomic E-state index is 10.2. The van der Waals surface area contributed by atoms with Crippen LogP contribution in [0.5, 0.6) is 11.5 Å². The van der Waals surface area contributed by atoms with Crippen LogP contribution in [0, 0.1) is 0 Å². The van der Waals surface area contributed by atoms with Gasteiger partial charge in [0.2, 0.25) is 0 Å². The lowest BCUT2D eigenvalue weighted by Gasteiger charge is -2.47. The molecule has 0 radical (unpaired) electrons. The third-order valence-electron chi connectivity index (χ3n) is 3.78. The van der Waals surface area contributed by atoms with Crippen LogP contribution in [0.1, 0.15) is 19.8 Å². The number of rotatable bonds is 4. The second-order valence-electron chi connectivity index (χ2n) is 5.64. The lowest BCUT2D eigenvalue weighted by Crippen LogP contribution is -2.63. The molecule has 1 saturated heterocycles. The maximum Gasteiger partial charge on any atom is 0.161 e. The summed E-state index contributed by atoms with van der Waals surface area (Å²) in [6.07, 6.45) is 1.97. The van der Waals surface area contributed by atoms with E-state index in [-0.39, 0.29) is 6.10 Å². The molecule has 19 heavy (non-hydrogen) atoms. The molecule has 0 saturated carbocycles. The van der Waals surface area contributed by atoms with E-state index in [9.17, 15) is 5.11 Å². The van der Waals surface area contributed by atoms with Gasteiger partial charge in [0.1, 0.15) is 12.7 Å². The molecule has 1 N–H and O–H groups in total. The summed E-state index contributed by atoms with van der Waals surface area (Å²) in [7, 11) is 0. The van der Waals surface area contributed by atoms with Crippen molar-refractivity contribution in [1.29, 1.82) is 0 Å². The topological polar surface area (TPSA) is 41.9 Å². The summed E-state index contributed by atoms with van der Waals surface area (Å²) in [5.41, 5.74) is -0.470. The zero-order valence-electron chi connectivity index (χ0n) is 11.3. The lowest BCUT2D eigenvalue weighted by atomic mass is 9.89. The van der Waals surface area contributed by atoms with Crippen molar-refractivity contribution in [1.82, 2.24) is 4.90 Å². The number of aliphatic hydroxyl groups is 1. The molecule has 4 nitrogen and oxygen atoms in total. The molecule has 0 spiro atoms. The molecule has 104 valence electrons. The number of likely N-dealkylation sites (tertiary alicyclic amines) is 1. The third kappa shape index (κ3) is 2.69. The highest BCUT2D eigenvalue weighted by molar-refractivity contribution is 5.40. The smallest absolute Gasteiger partial charge is 0.161 e. The van der Waals surface area contributed by atoms with Gasteiger partial charge in [-0.2, -0.15) is 0 Å². The average Bonchev–Trinajstić information content (AvgIpc) is 2.37. The van der Waals surface area contributed by atoms with Gasteiger partial charge in [0.05, 0.1) is 5.60 Å². The van der Waals surface area contributed by atoms with Crippen LogP contribution < -0.4 is 9.47 Å². The van der Waals surface area contributed by atoms with E-state index >= 15 is 0 Å². The van der Waals surface area contributed by atoms with E-state index in [1.807, 2.05) is 24.3 Å². The molecule has 1 aromatic carbocycles. The Bertz CT molecular complexity index is 443. The zero-order valence-corrected chi connectivity index (χ0v) is 11.3. The van der Waals surface area contributed by atoms with Gasteiger partial charge in [-0.25, -0.2) is 0 Å². The van der Waals surface area contributed by atoms with Crippen LogP contribution in [0.4, 0.5) is 0 Å². The molecule has 2 aliphatic heterocycles. The Labute approximate surface area is 113 Å². The van der Waals surface area contributed by atoms with Crippen molar-refractivity contribution < 1.29 is 14.6 Å². The van der Waals surface area contributed by atoms with Gasteiger partial charge < -0.3 is 14.6 Å². The van der Waals surface area contributed by atoms with E-state index < -0.39 is 5.60 Å². The SMILES string of the molecule is CCCC1(O)CN(CC2COc3ccccc3O2)C1. The second kappa shape index (κ2) is 5.02. The van der Waals surface area contributed by atoms with Crippen molar-refractivity contribution in [3.8, 4) is 11.5 Å². The standard InChI is InChI=1S/C15H21NO3/c1-2-7-15(17)10-16(11-15)8-12-9-18-13-5-3-4-6-14(13)19-12/h3-6,12,17H,2,7-11H2,1H3. The maximum absolute atomic E-state index is 10.2. The summed E-state index contributed by atoms with van der Waals surface area (Å²) in [6, 6.07) is 7.76. The normalized spacial score (nSPS) is 24.8. The van der Waals surface area contributed by atoms with Gasteiger partial charge in [-0.1, -0.05) is 25.5 Å². The van der Waals surface area contributed by atoms with Crippen molar-refractivity contribution in [2.45, 2.75) is 31.5 Å². The molecule has 1 aromatic rings. The lowest BCUT2D eigenvalue weighted by molar-refractivity contribution is -0.114. The highest BCUT2D eigenvalue weighted by Gasteiger charge is 2.41. The van der Waals surface area contributed by atoms with Crippen molar-refractivity contribution >= 4 is 0 Å². The van der Waals surface area contributed by atoms with Gasteiger partial charge in [0.15, 0.2) is 11.5 Å². The van der Waals surface area contributed by atoms with Gasteiger partial charge in [0.25, 0.3) is 0 Å². The van der Waals surface area contributed by atoms with Crippen LogP contribution in [0.15, 0.2) is 24.3 Å². The summed E-state index contributed by atoms with van der Waals surface area (Å²) in [6.45, 7) is 5.01. The Hall–Kier alpha value is -1.26. The molecule has 1 fully saturated rings. The van der Waals surface area contributed by atoms with Gasteiger partial charge >= 0.3 is 0 Å². The number of hydrogen-bond donors (Lipinski definition) is 1. The molecule has 4 heteroatoms. The van der Waals surface area contributed by atoms with Gasteiger partial charge in [0, 0.05) is 19.6 Å². The van der Waals surface area contributed by atoms with E-state index in [0.717, 1.165) is 44.0 Å². The number of β-amino-alcohol motifs (C(OH)–C–C–N with tert-alkyl or cyclic N) is 1. The molecule has 2 aliphatic rings. The summed E-state index contributed by atoms with van der Waals surface area (Å²) >= 11 is 0. The Kier molecular flexibility index (Phi) is 3.37. The van der Waals surface area contributed by atoms with E-state index in [4.69, 9.17) is 9.47 Å². The van der Waals surface area contributed by atoms with E-state index in [1.54, 1.807) is 0 Å². The summed E-state index contributed by atoms with van der Waals surface area (Å²) in [4.78, 5) is 2.23. The monoisotopic (exact) mass is 263 g/mol. The first kappa shape index (κ1) is 12.8. The summed E-state index contributed by atoms with van der Waals surface area (Å²) in [5, 5.41) is 10.2. The van der Waals surface area contributed by atoms with Crippen molar-refractivity contribution in [2.75, 3.05) is 26.2 Å². The average molecular weight is 263 g/mol. The number of benzene rings is 1. The molecule has 0 bridgehead atoms. The zero-order chi connectivity index (χ0) is 13.3. The van der Waals surface area contributed by atoms with Gasteiger partial charge in [-0.15, -0.1) is 0 Å². The van der Waals surface area contributed by atoms with Crippen LogP contribution in [-0.4, -0.2) is 48.0 Å². The highest BCUT2D eigenvalue weighted by atomic mass is 16.6. The predicted molar refractivity (Wildman–Crippen MR) is 72.7 cm³/mol. The third-order valence-corrected chi connectivity index (χ3v) is 3.78. The first-order chi connectivity index (χ1) is 9.18. The Balaban J connectivity index is 1.51. The predicted octanol–water partition coefficient (Wildman–Crippen LogP) is 1.67. The first-order valence-corrected chi connectivity index (χ1v) is 7.02. The minimum atomic E-state index is -0.470. The van der Waals surface area contributed by atoms with E-state index in [2.05, 4.69) is 11.8 Å². The fraction of sp³-hybridized carbons (Fsp3) is 0.600. The summed E-state index contributed by atoms with van der Waals surface area (Å²) < 4.78 is 11.6. The van der Waals surface area contributed by atoms with Crippen LogP contribution >= 0.6 is 0 Å². The number of ether oxygens (including phenoxy) is 2. The van der Waals surface area contributed by atoms with Crippen molar-refractivity contribution in [3.05, 3.63) is 24.3 Å². The van der Waals surface area contributed by atoms with Crippen LogP contribution in [0.25, 0.3) is 0 Å². The first-order valence-electron chi connectivity index (χ1n) is 7.02. The van der Waals surface area contributed by atoms with Gasteiger partial charge in [-0.05, 0) is 18.6 Å². The molecule has 3 rings (SSSR count). The molecule has 1 unspecified atom stereocenters. The van der Waals surface area contributed by atoms with Crippen LogP contribution in [0.3, 0.4) is 0 Å². The van der Waals surface area contributed by atoms with E-state index in [0.29, 0.717) is 6.61 Å².